The smallest absolute Gasteiger partial charge is 0.328 e. The van der Waals surface area contributed by atoms with Crippen molar-refractivity contribution in [3.05, 3.63) is 85.1 Å². The molecule has 0 rings (SSSR count). The van der Waals surface area contributed by atoms with Gasteiger partial charge >= 0.3 is 11.9 Å². The number of aliphatic carboxylic acids is 1. The van der Waals surface area contributed by atoms with Crippen LogP contribution in [0.25, 0.3) is 0 Å². The summed E-state index contributed by atoms with van der Waals surface area (Å²) in [6, 6.07) is -1.40. The predicted molar refractivity (Wildman–Crippen MR) is 217 cm³/mol. The van der Waals surface area contributed by atoms with Crippen LogP contribution in [0.15, 0.2) is 85.1 Å². The van der Waals surface area contributed by atoms with Crippen molar-refractivity contribution in [2.24, 2.45) is 0 Å². The van der Waals surface area contributed by atoms with Crippen molar-refractivity contribution in [2.45, 2.75) is 154 Å². The van der Waals surface area contributed by atoms with E-state index in [4.69, 9.17) is 14.9 Å². The molecule has 0 aromatic heterocycles. The minimum Gasteiger partial charge on any atom is -0.480 e. The third kappa shape index (κ3) is 34.9. The number of aliphatic hydroxyl groups excluding tert-OH is 1. The van der Waals surface area contributed by atoms with Gasteiger partial charge in [0.15, 0.2) is 0 Å². The number of carboxylic acid groups (broad SMARTS) is 1. The van der Waals surface area contributed by atoms with Crippen molar-refractivity contribution >= 4 is 23.8 Å². The van der Waals surface area contributed by atoms with Gasteiger partial charge in [-0.05, 0) is 89.5 Å². The van der Waals surface area contributed by atoms with Crippen LogP contribution in [-0.2, 0) is 23.9 Å². The maximum atomic E-state index is 12.7. The van der Waals surface area contributed by atoms with Crippen molar-refractivity contribution < 1.29 is 34.1 Å². The number of esters is 1. The Balaban J connectivity index is 4.49. The highest BCUT2D eigenvalue weighted by molar-refractivity contribution is 5.87. The van der Waals surface area contributed by atoms with Crippen LogP contribution in [0.5, 0.6) is 0 Å². The Labute approximate surface area is 320 Å². The molecule has 9 heteroatoms. The first kappa shape index (κ1) is 49.0. The molecule has 0 aliphatic heterocycles. The Morgan fingerprint density at radius 3 is 1.74 bits per heavy atom. The number of allylic oxidation sites excluding steroid dienone is 13. The van der Waals surface area contributed by atoms with Crippen LogP contribution in [0, 0.1) is 0 Å². The van der Waals surface area contributed by atoms with Crippen LogP contribution >= 0.6 is 0 Å². The van der Waals surface area contributed by atoms with E-state index in [1.165, 1.54) is 25.7 Å². The molecule has 0 bridgehead atoms. The molecule has 9 nitrogen and oxygen atoms in total. The number of hydrogen-bond donors (Lipinski definition) is 4. The second-order valence-corrected chi connectivity index (χ2v) is 13.0. The molecule has 0 radical (unpaired) electrons. The van der Waals surface area contributed by atoms with Gasteiger partial charge < -0.3 is 25.6 Å². The minimum absolute atomic E-state index is 0.187. The van der Waals surface area contributed by atoms with Crippen LogP contribution in [0.1, 0.15) is 142 Å². The number of carbonyl (C=O) groups is 4. The van der Waals surface area contributed by atoms with Crippen molar-refractivity contribution in [1.29, 1.82) is 0 Å². The zero-order chi connectivity index (χ0) is 39.0. The summed E-state index contributed by atoms with van der Waals surface area (Å²) < 4.78 is 5.85. The van der Waals surface area contributed by atoms with Crippen LogP contribution in [0.4, 0.5) is 0 Å². The molecule has 0 aliphatic rings. The quantitative estimate of drug-likeness (QED) is 0.0293. The normalized spacial score (nSPS) is 13.4. The minimum atomic E-state index is -1.40. The van der Waals surface area contributed by atoms with E-state index < -0.39 is 24.5 Å². The van der Waals surface area contributed by atoms with E-state index >= 15 is 0 Å². The number of hydrogen-bond acceptors (Lipinski definition) is 6. The maximum Gasteiger partial charge on any atom is 0.328 e. The second kappa shape index (κ2) is 37.8. The molecule has 0 fully saturated rings. The molecule has 0 spiro atoms. The fourth-order valence-corrected chi connectivity index (χ4v) is 5.05. The van der Waals surface area contributed by atoms with Crippen molar-refractivity contribution in [3.8, 4) is 0 Å². The topological polar surface area (TPSA) is 142 Å². The fourth-order valence-electron chi connectivity index (χ4n) is 5.05. The molecule has 2 unspecified atom stereocenters. The Kier molecular flexibility index (Phi) is 34.9. The van der Waals surface area contributed by atoms with E-state index in [0.717, 1.165) is 77.0 Å². The fraction of sp³-hybridized carbons (Fsp3) is 0.591. The lowest BCUT2D eigenvalue weighted by molar-refractivity contribution is -0.147. The number of aliphatic hydroxyl groups is 1. The molecule has 0 aromatic rings. The lowest BCUT2D eigenvalue weighted by atomic mass is 10.1. The molecular weight excluding hydrogens is 668 g/mol. The molecule has 0 aliphatic carbocycles. The third-order valence-electron chi connectivity index (χ3n) is 8.11. The maximum absolute atomic E-state index is 12.7. The van der Waals surface area contributed by atoms with Gasteiger partial charge in [-0.3, -0.25) is 14.4 Å². The zero-order valence-corrected chi connectivity index (χ0v) is 32.7. The van der Waals surface area contributed by atoms with Crippen molar-refractivity contribution in [1.82, 2.24) is 10.6 Å². The van der Waals surface area contributed by atoms with Gasteiger partial charge in [0.2, 0.25) is 11.8 Å². The first-order valence-electron chi connectivity index (χ1n) is 20.0. The Morgan fingerprint density at radius 1 is 0.604 bits per heavy atom. The van der Waals surface area contributed by atoms with E-state index in [2.05, 4.69) is 103 Å². The van der Waals surface area contributed by atoms with Gasteiger partial charge in [0, 0.05) is 12.8 Å². The molecule has 4 N–H and O–H groups in total. The van der Waals surface area contributed by atoms with Gasteiger partial charge in [0.25, 0.3) is 0 Å². The summed E-state index contributed by atoms with van der Waals surface area (Å²) in [5.74, 6) is -2.51. The summed E-state index contributed by atoms with van der Waals surface area (Å²) in [5.41, 5.74) is 0. The first-order chi connectivity index (χ1) is 25.8. The average molecular weight is 739 g/mol. The van der Waals surface area contributed by atoms with E-state index in [0.29, 0.717) is 19.3 Å². The van der Waals surface area contributed by atoms with Gasteiger partial charge in [-0.2, -0.15) is 0 Å². The summed E-state index contributed by atoms with van der Waals surface area (Å²) in [7, 11) is 0. The first-order valence-corrected chi connectivity index (χ1v) is 20.0. The summed E-state index contributed by atoms with van der Waals surface area (Å²) in [4.78, 5) is 47.4. The van der Waals surface area contributed by atoms with E-state index in [1.807, 2.05) is 6.08 Å². The molecule has 53 heavy (non-hydrogen) atoms. The van der Waals surface area contributed by atoms with Gasteiger partial charge in [-0.1, -0.05) is 125 Å². The Hall–Kier alpha value is -3.98. The van der Waals surface area contributed by atoms with Gasteiger partial charge in [0.05, 0.1) is 13.2 Å². The van der Waals surface area contributed by atoms with Crippen LogP contribution < -0.4 is 10.6 Å². The van der Waals surface area contributed by atoms with Crippen LogP contribution in [0.3, 0.4) is 0 Å². The molecule has 2 atom stereocenters. The average Bonchev–Trinajstić information content (AvgIpc) is 3.14. The Morgan fingerprint density at radius 2 is 1.15 bits per heavy atom. The summed E-state index contributed by atoms with van der Waals surface area (Å²) in [5, 5.41) is 22.5. The largest absolute Gasteiger partial charge is 0.480 e. The van der Waals surface area contributed by atoms with Gasteiger partial charge in [-0.15, -0.1) is 0 Å². The standard InChI is InChI=1S/C44H70N2O7/c1-3-5-7-9-11-13-14-15-16-17-18-19-20-22-24-26-32-36-43(50)53-39(33-29-25-23-21-12-10-8-6-4-2)34-30-27-28-31-35-41(48)45-37-42(49)46-40(38-47)44(51)52/h5,7,11,13,15-16,18-19,21-24,29,33,39-40,47H,3-4,6,8-10,12,14,17,20,25-28,30-32,34-38H2,1-2H3,(H,45,48)(H,46,49)(H,51,52)/b7-5-,13-11-,16-15-,19-18-,23-21-,24-22-,33-29-. The molecule has 298 valence electrons. The molecule has 0 saturated heterocycles. The highest BCUT2D eigenvalue weighted by atomic mass is 16.5. The summed E-state index contributed by atoms with van der Waals surface area (Å²) >= 11 is 0. The number of ether oxygens (including phenoxy) is 1. The van der Waals surface area contributed by atoms with Crippen LogP contribution in [-0.4, -0.2) is 59.3 Å². The number of carbonyl (C=O) groups excluding carboxylic acids is 3. The number of carboxylic acids is 1. The lowest BCUT2D eigenvalue weighted by Crippen LogP contribution is -2.47. The highest BCUT2D eigenvalue weighted by Gasteiger charge is 2.18. The second-order valence-electron chi connectivity index (χ2n) is 13.0. The third-order valence-corrected chi connectivity index (χ3v) is 8.11. The van der Waals surface area contributed by atoms with E-state index in [-0.39, 0.29) is 30.9 Å². The van der Waals surface area contributed by atoms with Crippen molar-refractivity contribution in [3.63, 3.8) is 0 Å². The Bertz CT molecular complexity index is 1170. The molecule has 0 heterocycles. The van der Waals surface area contributed by atoms with E-state index in [9.17, 15) is 19.2 Å². The number of amides is 2. The number of unbranched alkanes of at least 4 members (excludes halogenated alkanes) is 8. The highest BCUT2D eigenvalue weighted by Crippen LogP contribution is 2.13. The molecule has 2 amide bonds. The van der Waals surface area contributed by atoms with Crippen LogP contribution in [0.2, 0.25) is 0 Å². The molecule has 0 aromatic carbocycles. The zero-order valence-electron chi connectivity index (χ0n) is 32.7. The van der Waals surface area contributed by atoms with Gasteiger partial charge in [0.1, 0.15) is 12.1 Å². The number of rotatable bonds is 34. The monoisotopic (exact) mass is 739 g/mol. The lowest BCUT2D eigenvalue weighted by Gasteiger charge is -2.14. The SMILES string of the molecule is CC/C=C\C/C=C\C/C=C\C/C=C\C/C=C\CCCC(=O)OC(/C=C\C/C=C\CCCCCC)CCCCCCC(=O)NCC(=O)NC(CO)C(=O)O. The summed E-state index contributed by atoms with van der Waals surface area (Å²) in [6.07, 6.45) is 47.7. The molecule has 0 saturated carbocycles. The predicted octanol–water partition coefficient (Wildman–Crippen LogP) is 9.31. The summed E-state index contributed by atoms with van der Waals surface area (Å²) in [6.45, 7) is 3.27. The number of nitrogens with one attached hydrogen (secondary N) is 2. The van der Waals surface area contributed by atoms with E-state index in [1.54, 1.807) is 0 Å². The molecular formula is C44H70N2O7. The van der Waals surface area contributed by atoms with Crippen molar-refractivity contribution in [2.75, 3.05) is 13.2 Å². The van der Waals surface area contributed by atoms with Gasteiger partial charge in [-0.25, -0.2) is 4.79 Å².